The Morgan fingerprint density at radius 2 is 1.68 bits per heavy atom. The van der Waals surface area contributed by atoms with Gasteiger partial charge in [-0.05, 0) is 73.6 Å². The predicted molar refractivity (Wildman–Crippen MR) is 232 cm³/mol. The van der Waals surface area contributed by atoms with E-state index in [-0.39, 0.29) is 17.9 Å². The minimum atomic E-state index is -3.45. The Hall–Kier alpha value is -5.16. The van der Waals surface area contributed by atoms with Crippen molar-refractivity contribution < 1.29 is 22.7 Å². The van der Waals surface area contributed by atoms with Crippen LogP contribution in [0, 0.1) is 0 Å². The summed E-state index contributed by atoms with van der Waals surface area (Å²) in [6.45, 7) is 7.60. The van der Waals surface area contributed by atoms with E-state index in [4.69, 9.17) is 16.3 Å². The maximum absolute atomic E-state index is 12.5. The number of hydrogen-bond acceptors (Lipinski definition) is 13. The molecule has 8 rings (SSSR count). The van der Waals surface area contributed by atoms with E-state index in [0.29, 0.717) is 71.4 Å². The molecule has 4 aromatic rings. The van der Waals surface area contributed by atoms with E-state index in [1.807, 2.05) is 42.5 Å². The minimum absolute atomic E-state index is 0.206. The maximum atomic E-state index is 12.5. The van der Waals surface area contributed by atoms with E-state index < -0.39 is 10.0 Å². The number of nitrogens with zero attached hydrogens (tertiary/aromatic N) is 6. The van der Waals surface area contributed by atoms with Gasteiger partial charge in [-0.3, -0.25) is 24.1 Å². The second kappa shape index (κ2) is 17.6. The normalized spacial score (nSPS) is 19.3. The Labute approximate surface area is 350 Å². The topological polar surface area (TPSA) is 164 Å². The van der Waals surface area contributed by atoms with Gasteiger partial charge in [-0.25, -0.2) is 13.4 Å². The fraction of sp³-hybridized carbons (Fsp3) is 0.429. The van der Waals surface area contributed by atoms with Crippen LogP contribution in [0.25, 0.3) is 0 Å². The van der Waals surface area contributed by atoms with Crippen LogP contribution in [0.3, 0.4) is 0 Å². The molecule has 4 N–H and O–H groups in total. The highest BCUT2D eigenvalue weighted by atomic mass is 35.5. The smallest absolute Gasteiger partial charge is 0.249 e. The highest BCUT2D eigenvalue weighted by molar-refractivity contribution is 7.92. The Morgan fingerprint density at radius 1 is 0.898 bits per heavy atom. The summed E-state index contributed by atoms with van der Waals surface area (Å²) in [6, 6.07) is 20.2. The predicted octanol–water partition coefficient (Wildman–Crippen LogP) is 4.99. The number of methoxy groups -OCH3 is 1. The first-order chi connectivity index (χ1) is 28.5. The van der Waals surface area contributed by atoms with Crippen LogP contribution in [0.15, 0.2) is 66.9 Å². The molecule has 3 saturated heterocycles. The molecule has 0 spiro atoms. The molecule has 15 nitrogen and oxygen atoms in total. The first kappa shape index (κ1) is 40.6. The number of aromatic nitrogens is 2. The fourth-order valence-electron chi connectivity index (χ4n) is 8.53. The van der Waals surface area contributed by atoms with Gasteiger partial charge in [0.25, 0.3) is 0 Å². The number of imide groups is 1. The average Bonchev–Trinajstić information content (AvgIpc) is 3.70. The Balaban J connectivity index is 0.806. The summed E-state index contributed by atoms with van der Waals surface area (Å²) in [6.07, 6.45) is 7.40. The van der Waals surface area contributed by atoms with E-state index in [2.05, 4.69) is 64.1 Å². The third-order valence-electron chi connectivity index (χ3n) is 11.8. The van der Waals surface area contributed by atoms with Crippen molar-refractivity contribution in [2.24, 2.45) is 0 Å². The quantitative estimate of drug-likeness (QED) is 0.133. The number of benzene rings is 3. The molecule has 0 bridgehead atoms. The number of anilines is 7. The largest absolute Gasteiger partial charge is 0.494 e. The number of carbonyl (C=O) groups excluding carboxylic acids is 2. The summed E-state index contributed by atoms with van der Waals surface area (Å²) in [5.74, 6) is 0.864. The summed E-state index contributed by atoms with van der Waals surface area (Å²) in [7, 11) is -1.80. The molecule has 59 heavy (non-hydrogen) atoms. The van der Waals surface area contributed by atoms with E-state index in [0.717, 1.165) is 82.0 Å². The number of piperidine rings is 2. The SMILES string of the molecule is COc1cc(N2CCC(N3CCN(CCc4ccc(NC5CCC(=O)NC5=O)cc4)CC3)CC2)ccc1Nc1ncc(Cl)c(Nc2cccc3c2N(S(C)(=O)=O)CC3)n1. The second-order valence-electron chi connectivity index (χ2n) is 15.6. The van der Waals surface area contributed by atoms with Gasteiger partial charge in [0.1, 0.15) is 16.8 Å². The second-order valence-corrected chi connectivity index (χ2v) is 17.9. The van der Waals surface area contributed by atoms with Gasteiger partial charge >= 0.3 is 0 Å². The van der Waals surface area contributed by atoms with Crippen LogP contribution < -0.4 is 35.2 Å². The number of ether oxygens (including phenoxy) is 1. The maximum Gasteiger partial charge on any atom is 0.249 e. The first-order valence-corrected chi connectivity index (χ1v) is 22.5. The van der Waals surface area contributed by atoms with Crippen molar-refractivity contribution in [2.75, 3.05) is 90.9 Å². The standard InChI is InChI=1S/C42H51ClN10O5S/c1-58-37-26-32(10-11-34(37)47-42-44-27-33(43)40(49-42)46-35-5-3-4-29-15-21-53(39(29)35)59(2,56)57)51-19-16-31(17-20-51)52-24-22-50(23-25-52)18-14-28-6-8-30(9-7-28)45-36-12-13-38(54)48-41(36)55/h3-11,26-27,31,36,45H,12-25H2,1-2H3,(H,48,54,55)(H2,44,46,47,49). The Kier molecular flexibility index (Phi) is 12.1. The number of sulfonamides is 1. The lowest BCUT2D eigenvalue weighted by atomic mass is 10.0. The number of nitrogens with one attached hydrogen (secondary N) is 4. The van der Waals surface area contributed by atoms with Gasteiger partial charge in [-0.2, -0.15) is 4.98 Å². The average molecular weight is 843 g/mol. The van der Waals surface area contributed by atoms with Crippen molar-refractivity contribution in [1.82, 2.24) is 25.1 Å². The van der Waals surface area contributed by atoms with E-state index in [1.54, 1.807) is 7.11 Å². The van der Waals surface area contributed by atoms with Crippen LogP contribution in [-0.2, 0) is 32.5 Å². The number of carbonyl (C=O) groups is 2. The molecule has 3 aromatic carbocycles. The molecule has 1 unspecified atom stereocenters. The van der Waals surface area contributed by atoms with Gasteiger partial charge in [-0.15, -0.1) is 0 Å². The first-order valence-electron chi connectivity index (χ1n) is 20.3. The number of piperazine rings is 1. The molecule has 4 aliphatic heterocycles. The molecule has 0 radical (unpaired) electrons. The molecular weight excluding hydrogens is 792 g/mol. The van der Waals surface area contributed by atoms with Gasteiger partial charge in [0, 0.05) is 82.3 Å². The molecule has 1 aromatic heterocycles. The lowest BCUT2D eigenvalue weighted by Crippen LogP contribution is -2.53. The third-order valence-corrected chi connectivity index (χ3v) is 13.2. The number of rotatable bonds is 13. The molecule has 0 aliphatic carbocycles. The van der Waals surface area contributed by atoms with Crippen molar-refractivity contribution >= 4 is 73.6 Å². The fourth-order valence-corrected chi connectivity index (χ4v) is 9.63. The van der Waals surface area contributed by atoms with Crippen molar-refractivity contribution in [3.8, 4) is 5.75 Å². The van der Waals surface area contributed by atoms with Crippen LogP contribution in [0.2, 0.25) is 5.02 Å². The molecule has 312 valence electrons. The summed E-state index contributed by atoms with van der Waals surface area (Å²) >= 11 is 6.52. The van der Waals surface area contributed by atoms with Crippen molar-refractivity contribution in [2.45, 2.75) is 50.6 Å². The van der Waals surface area contributed by atoms with Crippen molar-refractivity contribution in [3.63, 3.8) is 0 Å². The molecule has 17 heteroatoms. The molecule has 4 aliphatic rings. The van der Waals surface area contributed by atoms with Crippen molar-refractivity contribution in [3.05, 3.63) is 83.0 Å². The molecular formula is C42H51ClN10O5S. The van der Waals surface area contributed by atoms with Crippen LogP contribution in [0.4, 0.5) is 40.2 Å². The van der Waals surface area contributed by atoms with Gasteiger partial charge in [0.15, 0.2) is 5.82 Å². The van der Waals surface area contributed by atoms with Crippen molar-refractivity contribution in [1.29, 1.82) is 0 Å². The zero-order chi connectivity index (χ0) is 41.1. The summed E-state index contributed by atoms with van der Waals surface area (Å²) in [4.78, 5) is 40.2. The summed E-state index contributed by atoms with van der Waals surface area (Å²) in [5.41, 5.74) is 6.12. The lowest BCUT2D eigenvalue weighted by Gasteiger charge is -2.43. The Bertz CT molecular complexity index is 2280. The number of fused-ring (bicyclic) bond motifs is 1. The van der Waals surface area contributed by atoms with Gasteiger partial charge in [0.05, 0.1) is 36.6 Å². The number of hydrogen-bond donors (Lipinski definition) is 4. The number of para-hydroxylation sites is 1. The van der Waals surface area contributed by atoms with Crippen LogP contribution in [0.1, 0.15) is 36.8 Å². The zero-order valence-electron chi connectivity index (χ0n) is 33.4. The highest BCUT2D eigenvalue weighted by Gasteiger charge is 2.31. The lowest BCUT2D eigenvalue weighted by molar-refractivity contribution is -0.133. The van der Waals surface area contributed by atoms with E-state index in [1.165, 1.54) is 22.3 Å². The van der Waals surface area contributed by atoms with Crippen LogP contribution >= 0.6 is 11.6 Å². The molecule has 5 heterocycles. The third kappa shape index (κ3) is 9.51. The Morgan fingerprint density at radius 3 is 2.41 bits per heavy atom. The van der Waals surface area contributed by atoms with E-state index >= 15 is 0 Å². The van der Waals surface area contributed by atoms with Gasteiger partial charge in [0.2, 0.25) is 27.8 Å². The van der Waals surface area contributed by atoms with Crippen LogP contribution in [0.5, 0.6) is 5.75 Å². The van der Waals surface area contributed by atoms with Crippen LogP contribution in [-0.4, -0.2) is 118 Å². The monoisotopic (exact) mass is 842 g/mol. The number of halogens is 1. The molecule has 2 amide bonds. The van der Waals surface area contributed by atoms with Gasteiger partial charge in [-0.1, -0.05) is 35.9 Å². The molecule has 1 atom stereocenters. The van der Waals surface area contributed by atoms with Gasteiger partial charge < -0.3 is 30.5 Å². The highest BCUT2D eigenvalue weighted by Crippen LogP contribution is 2.40. The molecule has 0 saturated carbocycles. The minimum Gasteiger partial charge on any atom is -0.494 e. The summed E-state index contributed by atoms with van der Waals surface area (Å²) < 4.78 is 32.3. The summed E-state index contributed by atoms with van der Waals surface area (Å²) in [5, 5.41) is 12.5. The zero-order valence-corrected chi connectivity index (χ0v) is 35.0. The number of amides is 2. The molecule has 3 fully saturated rings. The van der Waals surface area contributed by atoms with E-state index in [9.17, 15) is 18.0 Å².